The van der Waals surface area contributed by atoms with E-state index in [0.29, 0.717) is 12.5 Å². The first kappa shape index (κ1) is 15.8. The Balaban J connectivity index is 1.62. The summed E-state index contributed by atoms with van der Waals surface area (Å²) in [6.45, 7) is 2.91. The molecular formula is C19H24N2O2. The molecule has 2 aromatic carbocycles. The summed E-state index contributed by atoms with van der Waals surface area (Å²) >= 11 is 0. The fourth-order valence-corrected chi connectivity index (χ4v) is 3.35. The lowest BCUT2D eigenvalue weighted by Gasteiger charge is -2.32. The molecule has 0 bridgehead atoms. The summed E-state index contributed by atoms with van der Waals surface area (Å²) < 4.78 is 5.23. The third kappa shape index (κ3) is 3.82. The molecule has 0 radical (unpaired) electrons. The Morgan fingerprint density at radius 1 is 1.26 bits per heavy atom. The molecule has 3 rings (SSSR count). The van der Waals surface area contributed by atoms with Gasteiger partial charge in [0.25, 0.3) is 0 Å². The van der Waals surface area contributed by atoms with E-state index in [1.165, 1.54) is 10.8 Å². The third-order valence-electron chi connectivity index (χ3n) is 4.52. The maximum Gasteiger partial charge on any atom is 0.317 e. The van der Waals surface area contributed by atoms with Crippen molar-refractivity contribution in [3.63, 3.8) is 0 Å². The highest BCUT2D eigenvalue weighted by Gasteiger charge is 2.23. The van der Waals surface area contributed by atoms with Crippen LogP contribution in [0.25, 0.3) is 10.8 Å². The molecule has 23 heavy (non-hydrogen) atoms. The number of rotatable bonds is 4. The topological polar surface area (TPSA) is 41.6 Å². The van der Waals surface area contributed by atoms with Crippen molar-refractivity contribution in [3.05, 3.63) is 48.0 Å². The van der Waals surface area contributed by atoms with E-state index in [-0.39, 0.29) is 6.03 Å². The summed E-state index contributed by atoms with van der Waals surface area (Å²) in [5.74, 6) is 0.456. The maximum atomic E-state index is 12.4. The van der Waals surface area contributed by atoms with E-state index in [4.69, 9.17) is 4.74 Å². The van der Waals surface area contributed by atoms with E-state index in [9.17, 15) is 4.79 Å². The number of hydrogen-bond donors (Lipinski definition) is 1. The van der Waals surface area contributed by atoms with Crippen LogP contribution >= 0.6 is 0 Å². The Hall–Kier alpha value is -2.07. The number of nitrogens with zero attached hydrogens (tertiary/aromatic N) is 1. The lowest BCUT2D eigenvalue weighted by atomic mass is 9.99. The largest absolute Gasteiger partial charge is 0.384 e. The van der Waals surface area contributed by atoms with E-state index >= 15 is 0 Å². The second-order valence-electron chi connectivity index (χ2n) is 6.21. The zero-order valence-electron chi connectivity index (χ0n) is 13.6. The molecule has 1 atom stereocenters. The van der Waals surface area contributed by atoms with E-state index in [2.05, 4.69) is 29.6 Å². The van der Waals surface area contributed by atoms with Crippen molar-refractivity contribution in [1.82, 2.24) is 10.2 Å². The number of nitrogens with one attached hydrogen (secondary N) is 1. The lowest BCUT2D eigenvalue weighted by molar-refractivity contribution is 0.100. The number of amides is 2. The number of piperidine rings is 1. The van der Waals surface area contributed by atoms with Gasteiger partial charge in [-0.05, 0) is 29.2 Å². The molecule has 1 aliphatic rings. The number of carbonyl (C=O) groups is 1. The number of urea groups is 1. The number of methoxy groups -OCH3 is 1. The van der Waals surface area contributed by atoms with Crippen LogP contribution in [0.1, 0.15) is 18.4 Å². The summed E-state index contributed by atoms with van der Waals surface area (Å²) in [4.78, 5) is 14.3. The third-order valence-corrected chi connectivity index (χ3v) is 4.52. The average molecular weight is 312 g/mol. The number of fused-ring (bicyclic) bond motifs is 1. The monoisotopic (exact) mass is 312 g/mol. The highest BCUT2D eigenvalue weighted by molar-refractivity contribution is 5.86. The summed E-state index contributed by atoms with van der Waals surface area (Å²) in [5.41, 5.74) is 1.15. The molecule has 0 aromatic heterocycles. The number of likely N-dealkylation sites (tertiary alicyclic amines) is 1. The zero-order chi connectivity index (χ0) is 16.1. The van der Waals surface area contributed by atoms with Crippen LogP contribution in [-0.4, -0.2) is 37.7 Å². The SMILES string of the molecule is COCC1CCCN(C(=O)NCc2cccc3ccccc23)C1. The van der Waals surface area contributed by atoms with Crippen LogP contribution < -0.4 is 5.32 Å². The van der Waals surface area contributed by atoms with Crippen molar-refractivity contribution in [3.8, 4) is 0 Å². The molecule has 2 aromatic rings. The van der Waals surface area contributed by atoms with E-state index in [0.717, 1.165) is 38.1 Å². The van der Waals surface area contributed by atoms with Gasteiger partial charge in [0.2, 0.25) is 0 Å². The Morgan fingerprint density at radius 2 is 2.09 bits per heavy atom. The van der Waals surface area contributed by atoms with Crippen LogP contribution in [0.4, 0.5) is 4.79 Å². The second-order valence-corrected chi connectivity index (χ2v) is 6.21. The normalized spacial score (nSPS) is 18.1. The summed E-state index contributed by atoms with van der Waals surface area (Å²) in [5, 5.41) is 5.48. The Labute approximate surface area is 137 Å². The Kier molecular flexibility index (Phi) is 5.13. The maximum absolute atomic E-state index is 12.4. The van der Waals surface area contributed by atoms with Gasteiger partial charge in [0.1, 0.15) is 0 Å². The standard InChI is InChI=1S/C19H24N2O2/c1-23-14-15-6-5-11-21(13-15)19(22)20-12-17-9-4-8-16-7-2-3-10-18(16)17/h2-4,7-10,15H,5-6,11-14H2,1H3,(H,20,22). The molecule has 122 valence electrons. The number of hydrogen-bond acceptors (Lipinski definition) is 2. The Bertz CT molecular complexity index is 664. The van der Waals surface area contributed by atoms with Gasteiger partial charge in [-0.15, -0.1) is 0 Å². The van der Waals surface area contributed by atoms with Crippen LogP contribution in [0.15, 0.2) is 42.5 Å². The van der Waals surface area contributed by atoms with Crippen molar-refractivity contribution in [2.24, 2.45) is 5.92 Å². The first-order valence-corrected chi connectivity index (χ1v) is 8.26. The van der Waals surface area contributed by atoms with Crippen molar-refractivity contribution in [2.75, 3.05) is 26.8 Å². The van der Waals surface area contributed by atoms with Gasteiger partial charge in [0.05, 0.1) is 6.61 Å². The average Bonchev–Trinajstić information content (AvgIpc) is 2.60. The van der Waals surface area contributed by atoms with Crippen molar-refractivity contribution >= 4 is 16.8 Å². The van der Waals surface area contributed by atoms with Crippen molar-refractivity contribution in [1.29, 1.82) is 0 Å². The van der Waals surface area contributed by atoms with Gasteiger partial charge >= 0.3 is 6.03 Å². The van der Waals surface area contributed by atoms with Crippen LogP contribution in [-0.2, 0) is 11.3 Å². The van der Waals surface area contributed by atoms with Crippen molar-refractivity contribution < 1.29 is 9.53 Å². The van der Waals surface area contributed by atoms with Crippen LogP contribution in [0.2, 0.25) is 0 Å². The minimum Gasteiger partial charge on any atom is -0.384 e. The molecule has 1 fully saturated rings. The van der Waals surface area contributed by atoms with Gasteiger partial charge in [-0.2, -0.15) is 0 Å². The van der Waals surface area contributed by atoms with Gasteiger partial charge in [0, 0.05) is 32.7 Å². The molecule has 1 saturated heterocycles. The van der Waals surface area contributed by atoms with Crippen LogP contribution in [0, 0.1) is 5.92 Å². The van der Waals surface area contributed by atoms with Gasteiger partial charge in [-0.25, -0.2) is 4.79 Å². The predicted octanol–water partition coefficient (Wildman–Crippen LogP) is 3.41. The fourth-order valence-electron chi connectivity index (χ4n) is 3.35. The van der Waals surface area contributed by atoms with Gasteiger partial charge in [-0.1, -0.05) is 42.5 Å². The molecule has 0 spiro atoms. The van der Waals surface area contributed by atoms with Gasteiger partial charge in [-0.3, -0.25) is 0 Å². The second kappa shape index (κ2) is 7.47. The summed E-state index contributed by atoms with van der Waals surface area (Å²) in [6.07, 6.45) is 2.19. The molecule has 1 heterocycles. The molecule has 0 saturated carbocycles. The highest BCUT2D eigenvalue weighted by Crippen LogP contribution is 2.19. The number of benzene rings is 2. The summed E-state index contributed by atoms with van der Waals surface area (Å²) in [6, 6.07) is 14.5. The molecule has 2 amide bonds. The van der Waals surface area contributed by atoms with Gasteiger partial charge < -0.3 is 15.0 Å². The fraction of sp³-hybridized carbons (Fsp3) is 0.421. The molecule has 4 heteroatoms. The van der Waals surface area contributed by atoms with Crippen molar-refractivity contribution in [2.45, 2.75) is 19.4 Å². The molecule has 1 aliphatic heterocycles. The van der Waals surface area contributed by atoms with Crippen LogP contribution in [0.3, 0.4) is 0 Å². The van der Waals surface area contributed by atoms with E-state index in [1.54, 1.807) is 7.11 Å². The number of carbonyl (C=O) groups excluding carboxylic acids is 1. The van der Waals surface area contributed by atoms with E-state index in [1.807, 2.05) is 23.1 Å². The Morgan fingerprint density at radius 3 is 2.96 bits per heavy atom. The van der Waals surface area contributed by atoms with Crippen LogP contribution in [0.5, 0.6) is 0 Å². The smallest absolute Gasteiger partial charge is 0.317 e. The molecular weight excluding hydrogens is 288 g/mol. The van der Waals surface area contributed by atoms with Gasteiger partial charge in [0.15, 0.2) is 0 Å². The molecule has 1 unspecified atom stereocenters. The quantitative estimate of drug-likeness (QED) is 0.940. The number of ether oxygens (including phenoxy) is 1. The minimum atomic E-state index is 0.0266. The van der Waals surface area contributed by atoms with E-state index < -0.39 is 0 Å². The summed E-state index contributed by atoms with van der Waals surface area (Å²) in [7, 11) is 1.72. The molecule has 4 nitrogen and oxygen atoms in total. The zero-order valence-corrected chi connectivity index (χ0v) is 13.6. The highest BCUT2D eigenvalue weighted by atomic mass is 16.5. The first-order valence-electron chi connectivity index (χ1n) is 8.26. The first-order chi connectivity index (χ1) is 11.3. The minimum absolute atomic E-state index is 0.0266. The molecule has 1 N–H and O–H groups in total. The predicted molar refractivity (Wildman–Crippen MR) is 92.4 cm³/mol. The lowest BCUT2D eigenvalue weighted by Crippen LogP contribution is -2.46. The molecule has 0 aliphatic carbocycles.